The van der Waals surface area contributed by atoms with Crippen LogP contribution in [0, 0.1) is 17.8 Å². The lowest BCUT2D eigenvalue weighted by molar-refractivity contribution is 0.166. The predicted octanol–water partition coefficient (Wildman–Crippen LogP) is 2.69. The minimum Gasteiger partial charge on any atom is -0.294 e. The molecule has 0 spiro atoms. The molecule has 2 bridgehead atoms. The molecule has 3 heterocycles. The molecule has 3 rings (SSSR count). The van der Waals surface area contributed by atoms with E-state index in [0.29, 0.717) is 23.8 Å². The lowest BCUT2D eigenvalue weighted by atomic mass is 9.85. The van der Waals surface area contributed by atoms with Crippen molar-refractivity contribution in [2.75, 3.05) is 0 Å². The van der Waals surface area contributed by atoms with E-state index in [1.165, 1.54) is 12.8 Å². The minimum absolute atomic E-state index is 0.312. The zero-order valence-corrected chi connectivity index (χ0v) is 11.8. The second-order valence-electron chi connectivity index (χ2n) is 5.73. The fourth-order valence-electron chi connectivity index (χ4n) is 3.48. The zero-order chi connectivity index (χ0) is 12.6. The summed E-state index contributed by atoms with van der Waals surface area (Å²) in [5.74, 6) is 0.633. The molecule has 3 N–H and O–H groups in total. The average Bonchev–Trinajstić information content (AvgIpc) is 2.28. The Balaban J connectivity index is 2.39. The normalized spacial score (nSPS) is 47.0. The summed E-state index contributed by atoms with van der Waals surface area (Å²) in [4.78, 5) is 4.60. The van der Waals surface area contributed by atoms with Gasteiger partial charge in [0.05, 0.1) is 0 Å². The Morgan fingerprint density at radius 1 is 1.47 bits per heavy atom. The summed E-state index contributed by atoms with van der Waals surface area (Å²) in [6.45, 7) is 6.64. The van der Waals surface area contributed by atoms with Gasteiger partial charge < -0.3 is 0 Å². The number of nitrogens with zero attached hydrogens (tertiary/aromatic N) is 1. The van der Waals surface area contributed by atoms with E-state index in [2.05, 4.69) is 31.1 Å². The van der Waals surface area contributed by atoms with Gasteiger partial charge in [0.1, 0.15) is 5.17 Å². The van der Waals surface area contributed by atoms with Gasteiger partial charge >= 0.3 is 0 Å². The second-order valence-corrected chi connectivity index (χ2v) is 6.12. The first kappa shape index (κ1) is 13.3. The van der Waals surface area contributed by atoms with Gasteiger partial charge in [0.15, 0.2) is 5.79 Å². The van der Waals surface area contributed by atoms with Gasteiger partial charge in [0.25, 0.3) is 0 Å². The molecule has 0 aromatic heterocycles. The van der Waals surface area contributed by atoms with Crippen LogP contribution in [-0.4, -0.2) is 17.0 Å². The van der Waals surface area contributed by atoms with Crippen LogP contribution in [0.4, 0.5) is 0 Å². The lowest BCUT2D eigenvalue weighted by Crippen LogP contribution is -2.65. The molecule has 0 radical (unpaired) electrons. The van der Waals surface area contributed by atoms with Gasteiger partial charge in [-0.15, -0.1) is 0 Å². The monoisotopic (exact) mass is 257 g/mol. The number of nitrogens with two attached hydrogens (primary N) is 1. The first-order valence-electron chi connectivity index (χ1n) is 6.79. The summed E-state index contributed by atoms with van der Waals surface area (Å²) in [5, 5.41) is 4.23. The molecule has 17 heavy (non-hydrogen) atoms. The van der Waals surface area contributed by atoms with Crippen molar-refractivity contribution in [3.63, 3.8) is 0 Å². The fourth-order valence-corrected chi connectivity index (χ4v) is 4.03. The summed E-state index contributed by atoms with van der Waals surface area (Å²) in [7, 11) is 0. The van der Waals surface area contributed by atoms with Crippen LogP contribution in [-0.2, 0) is 0 Å². The highest BCUT2D eigenvalue weighted by Crippen LogP contribution is 2.37. The Bertz CT molecular complexity index is 318. The van der Waals surface area contributed by atoms with Gasteiger partial charge in [-0.2, -0.15) is 0 Å². The molecule has 1 saturated heterocycles. The van der Waals surface area contributed by atoms with Crippen LogP contribution >= 0.6 is 11.6 Å². The standard InChI is InChI=1S/C13H24ClN3/c1-4-10-7-5-6-8(2)11-9(3)16-13(10,15)17-12(11)14/h8-11,16H,4-7,15H2,1-3H3/t8?,9?,10-,11?,13?/m0/s1. The lowest BCUT2D eigenvalue weighted by Gasteiger charge is -2.43. The van der Waals surface area contributed by atoms with Crippen LogP contribution in [0.25, 0.3) is 0 Å². The number of aliphatic imine (C=N–C) groups is 1. The van der Waals surface area contributed by atoms with Crippen molar-refractivity contribution in [3.8, 4) is 0 Å². The third kappa shape index (κ3) is 2.38. The van der Waals surface area contributed by atoms with E-state index >= 15 is 0 Å². The maximum atomic E-state index is 6.43. The van der Waals surface area contributed by atoms with Crippen molar-refractivity contribution >= 4 is 16.8 Å². The van der Waals surface area contributed by atoms with E-state index in [1.54, 1.807) is 0 Å². The molecule has 0 saturated carbocycles. The summed E-state index contributed by atoms with van der Waals surface area (Å²) in [6.07, 6.45) is 4.62. The maximum Gasteiger partial charge on any atom is 0.166 e. The number of halogens is 1. The number of rotatable bonds is 1. The van der Waals surface area contributed by atoms with Gasteiger partial charge in [-0.3, -0.25) is 11.1 Å². The van der Waals surface area contributed by atoms with E-state index in [9.17, 15) is 0 Å². The molecule has 0 aliphatic carbocycles. The molecule has 3 aliphatic heterocycles. The minimum atomic E-state index is -0.647. The van der Waals surface area contributed by atoms with Gasteiger partial charge in [0, 0.05) is 17.9 Å². The molecular formula is C13H24ClN3. The van der Waals surface area contributed by atoms with Crippen molar-refractivity contribution in [1.29, 1.82) is 0 Å². The van der Waals surface area contributed by atoms with Gasteiger partial charge in [-0.1, -0.05) is 31.9 Å². The molecule has 98 valence electrons. The summed E-state index contributed by atoms with van der Waals surface area (Å²) >= 11 is 6.39. The summed E-state index contributed by atoms with van der Waals surface area (Å²) in [5.41, 5.74) is 6.43. The zero-order valence-electron chi connectivity index (χ0n) is 11.0. The molecule has 1 fully saturated rings. The second kappa shape index (κ2) is 4.87. The molecule has 3 aliphatic rings. The molecule has 0 amide bonds. The first-order valence-corrected chi connectivity index (χ1v) is 7.17. The van der Waals surface area contributed by atoms with Crippen molar-refractivity contribution in [3.05, 3.63) is 0 Å². The smallest absolute Gasteiger partial charge is 0.166 e. The van der Waals surface area contributed by atoms with E-state index < -0.39 is 5.79 Å². The number of nitrogens with one attached hydrogen (secondary N) is 1. The number of hydrogen-bond donors (Lipinski definition) is 2. The molecule has 3 nitrogen and oxygen atoms in total. The van der Waals surface area contributed by atoms with Crippen LogP contribution < -0.4 is 11.1 Å². The largest absolute Gasteiger partial charge is 0.294 e. The van der Waals surface area contributed by atoms with Crippen molar-refractivity contribution in [2.45, 2.75) is 58.3 Å². The number of hydrogen-bond acceptors (Lipinski definition) is 3. The van der Waals surface area contributed by atoms with Crippen LogP contribution in [0.5, 0.6) is 0 Å². The Kier molecular flexibility index (Phi) is 3.81. The summed E-state index contributed by atoms with van der Waals surface area (Å²) < 4.78 is 0. The Hall–Kier alpha value is -0.120. The topological polar surface area (TPSA) is 50.4 Å². The highest BCUT2D eigenvalue weighted by molar-refractivity contribution is 6.66. The predicted molar refractivity (Wildman–Crippen MR) is 73.1 cm³/mol. The quantitative estimate of drug-likeness (QED) is 0.759. The molecule has 4 unspecified atom stereocenters. The van der Waals surface area contributed by atoms with Crippen LogP contribution in [0.1, 0.15) is 46.5 Å². The van der Waals surface area contributed by atoms with Gasteiger partial charge in [0.2, 0.25) is 0 Å². The van der Waals surface area contributed by atoms with Gasteiger partial charge in [-0.25, -0.2) is 4.99 Å². The average molecular weight is 258 g/mol. The molecule has 0 aromatic rings. The van der Waals surface area contributed by atoms with Crippen molar-refractivity contribution in [2.24, 2.45) is 28.5 Å². The van der Waals surface area contributed by atoms with Gasteiger partial charge in [-0.05, 0) is 32.1 Å². The molecule has 4 heteroatoms. The summed E-state index contributed by atoms with van der Waals surface area (Å²) in [6, 6.07) is 0.312. The van der Waals surface area contributed by atoms with E-state index in [4.69, 9.17) is 17.3 Å². The highest BCUT2D eigenvalue weighted by Gasteiger charge is 2.44. The first-order chi connectivity index (χ1) is 7.98. The Morgan fingerprint density at radius 3 is 2.76 bits per heavy atom. The molecule has 5 atom stereocenters. The fraction of sp³-hybridized carbons (Fsp3) is 0.923. The van der Waals surface area contributed by atoms with Crippen molar-refractivity contribution < 1.29 is 0 Å². The molecular weight excluding hydrogens is 234 g/mol. The van der Waals surface area contributed by atoms with E-state index in [-0.39, 0.29) is 0 Å². The SMILES string of the molecule is CC[C@H]1CCCC(C)C2C(Cl)=NC1(N)NC2C. The maximum absolute atomic E-state index is 6.43. The Morgan fingerprint density at radius 2 is 2.18 bits per heavy atom. The highest BCUT2D eigenvalue weighted by atomic mass is 35.5. The van der Waals surface area contributed by atoms with E-state index in [0.717, 1.165) is 18.0 Å². The molecule has 0 aromatic carbocycles. The van der Waals surface area contributed by atoms with Crippen LogP contribution in [0.3, 0.4) is 0 Å². The number of fused-ring (bicyclic) bond motifs is 5. The van der Waals surface area contributed by atoms with Crippen LogP contribution in [0.2, 0.25) is 0 Å². The Labute approximate surface area is 109 Å². The van der Waals surface area contributed by atoms with E-state index in [1.807, 2.05) is 0 Å². The van der Waals surface area contributed by atoms with Crippen molar-refractivity contribution in [1.82, 2.24) is 5.32 Å². The third-order valence-electron chi connectivity index (χ3n) is 4.50. The van der Waals surface area contributed by atoms with Crippen LogP contribution in [0.15, 0.2) is 4.99 Å². The third-order valence-corrected chi connectivity index (χ3v) is 4.84.